The molecule has 0 bridgehead atoms. The second kappa shape index (κ2) is 9.02. The van der Waals surface area contributed by atoms with E-state index in [2.05, 4.69) is 29.4 Å². The molecular formula is C24H25ClN4O2S. The van der Waals surface area contributed by atoms with Crippen molar-refractivity contribution >= 4 is 32.7 Å². The second-order valence-electron chi connectivity index (χ2n) is 7.85. The topological polar surface area (TPSA) is 68.1 Å². The van der Waals surface area contributed by atoms with E-state index in [1.54, 1.807) is 42.1 Å². The third kappa shape index (κ3) is 4.28. The highest BCUT2D eigenvalue weighted by Gasteiger charge is 2.22. The number of aromatic nitrogens is 3. The van der Waals surface area contributed by atoms with Crippen LogP contribution in [0.2, 0.25) is 5.02 Å². The van der Waals surface area contributed by atoms with Gasteiger partial charge in [0.1, 0.15) is 5.52 Å². The molecule has 0 aliphatic rings. The summed E-state index contributed by atoms with van der Waals surface area (Å²) in [6.07, 6.45) is 0.880. The second-order valence-corrected chi connectivity index (χ2v) is 10.3. The molecule has 3 aromatic carbocycles. The Kier molecular flexibility index (Phi) is 6.33. The Morgan fingerprint density at radius 1 is 1.03 bits per heavy atom. The fourth-order valence-corrected chi connectivity index (χ4v) is 5.32. The van der Waals surface area contributed by atoms with Crippen LogP contribution in [0, 0.1) is 0 Å². The molecule has 1 atom stereocenters. The number of fused-ring (bicyclic) bond motifs is 1. The number of aryl methyl sites for hydroxylation is 1. The van der Waals surface area contributed by atoms with Gasteiger partial charge >= 0.3 is 0 Å². The van der Waals surface area contributed by atoms with Crippen LogP contribution in [0.5, 0.6) is 0 Å². The number of rotatable bonds is 7. The minimum atomic E-state index is -3.61. The Balaban J connectivity index is 1.65. The number of sulfonamides is 1. The van der Waals surface area contributed by atoms with Gasteiger partial charge < -0.3 is 0 Å². The Bertz CT molecular complexity index is 1350. The molecule has 4 aromatic rings. The molecule has 1 aromatic heterocycles. The molecule has 6 nitrogen and oxygen atoms in total. The summed E-state index contributed by atoms with van der Waals surface area (Å²) in [7, 11) is -0.163. The number of nitrogens with zero attached hydrogens (tertiary/aromatic N) is 4. The molecule has 0 N–H and O–H groups in total. The van der Waals surface area contributed by atoms with E-state index in [-0.39, 0.29) is 17.4 Å². The zero-order chi connectivity index (χ0) is 22.9. The highest BCUT2D eigenvalue weighted by atomic mass is 35.5. The van der Waals surface area contributed by atoms with E-state index in [9.17, 15) is 8.42 Å². The van der Waals surface area contributed by atoms with Gasteiger partial charge in [0.15, 0.2) is 0 Å². The van der Waals surface area contributed by atoms with E-state index in [4.69, 9.17) is 11.6 Å². The highest BCUT2D eigenvalue weighted by molar-refractivity contribution is 7.89. The van der Waals surface area contributed by atoms with Crippen LogP contribution in [0.4, 0.5) is 0 Å². The largest absolute Gasteiger partial charge is 0.248 e. The maximum absolute atomic E-state index is 12.9. The van der Waals surface area contributed by atoms with Crippen LogP contribution >= 0.6 is 11.6 Å². The van der Waals surface area contributed by atoms with Crippen molar-refractivity contribution in [1.82, 2.24) is 19.3 Å². The van der Waals surface area contributed by atoms with E-state index in [1.165, 1.54) is 4.31 Å². The molecule has 1 heterocycles. The summed E-state index contributed by atoms with van der Waals surface area (Å²) in [6.45, 7) is 2.31. The molecule has 0 radical (unpaired) electrons. The van der Waals surface area contributed by atoms with Crippen molar-refractivity contribution < 1.29 is 8.42 Å². The summed E-state index contributed by atoms with van der Waals surface area (Å²) < 4.78 is 29.0. The molecule has 8 heteroatoms. The number of benzene rings is 3. The molecule has 0 saturated heterocycles. The molecule has 166 valence electrons. The lowest BCUT2D eigenvalue weighted by atomic mass is 9.88. The Labute approximate surface area is 193 Å². The molecule has 32 heavy (non-hydrogen) atoms. The van der Waals surface area contributed by atoms with E-state index in [1.807, 2.05) is 31.3 Å². The molecule has 0 saturated carbocycles. The fourth-order valence-electron chi connectivity index (χ4n) is 3.97. The van der Waals surface area contributed by atoms with Crippen LogP contribution in [0.15, 0.2) is 71.6 Å². The summed E-state index contributed by atoms with van der Waals surface area (Å²) in [6, 6.07) is 20.5. The van der Waals surface area contributed by atoms with Crippen molar-refractivity contribution in [3.05, 3.63) is 88.4 Å². The van der Waals surface area contributed by atoms with Crippen LogP contribution in [-0.2, 0) is 23.6 Å². The van der Waals surface area contributed by atoms with Gasteiger partial charge in [-0.3, -0.25) is 0 Å². The Morgan fingerprint density at radius 3 is 2.44 bits per heavy atom. The van der Waals surface area contributed by atoms with Crippen molar-refractivity contribution in [3.63, 3.8) is 0 Å². The van der Waals surface area contributed by atoms with Gasteiger partial charge in [0.2, 0.25) is 10.0 Å². The van der Waals surface area contributed by atoms with E-state index < -0.39 is 10.0 Å². The smallest absolute Gasteiger partial charge is 0.243 e. The SMILES string of the molecule is CC[C@@H](c1ccc(Cl)c(CN(C)S(=O)(=O)c2ccccc2)c1)c1ccc2c(c1)nnn2C. The van der Waals surface area contributed by atoms with Gasteiger partial charge in [-0.05, 0) is 53.4 Å². The lowest BCUT2D eigenvalue weighted by molar-refractivity contribution is 0.466. The first-order valence-corrected chi connectivity index (χ1v) is 12.2. The Morgan fingerprint density at radius 2 is 1.72 bits per heavy atom. The normalized spacial score (nSPS) is 13.0. The standard InChI is InChI=1S/C24H25ClN4O2S/c1-4-21(18-11-13-24-23(15-18)26-27-29(24)3)17-10-12-22(25)19(14-17)16-28(2)32(30,31)20-8-6-5-7-9-20/h5-15,21H,4,16H2,1-3H3/t21-/m0/s1. The summed E-state index contributed by atoms with van der Waals surface area (Å²) >= 11 is 6.47. The molecule has 4 rings (SSSR count). The maximum atomic E-state index is 12.9. The van der Waals surface area contributed by atoms with Gasteiger partial charge in [-0.1, -0.05) is 60.1 Å². The van der Waals surface area contributed by atoms with Gasteiger partial charge in [-0.25, -0.2) is 13.1 Å². The molecular weight excluding hydrogens is 444 g/mol. The monoisotopic (exact) mass is 468 g/mol. The number of hydrogen-bond acceptors (Lipinski definition) is 4. The third-order valence-electron chi connectivity index (χ3n) is 5.76. The van der Waals surface area contributed by atoms with Crippen molar-refractivity contribution in [3.8, 4) is 0 Å². The average molecular weight is 469 g/mol. The van der Waals surface area contributed by atoms with Gasteiger partial charge in [-0.2, -0.15) is 4.31 Å². The van der Waals surface area contributed by atoms with E-state index in [0.717, 1.165) is 34.1 Å². The first kappa shape index (κ1) is 22.5. The molecule has 0 amide bonds. The van der Waals surface area contributed by atoms with Crippen LogP contribution in [0.25, 0.3) is 11.0 Å². The zero-order valence-electron chi connectivity index (χ0n) is 18.2. The van der Waals surface area contributed by atoms with Crippen LogP contribution < -0.4 is 0 Å². The first-order valence-electron chi connectivity index (χ1n) is 10.4. The quantitative estimate of drug-likeness (QED) is 0.383. The van der Waals surface area contributed by atoms with E-state index >= 15 is 0 Å². The van der Waals surface area contributed by atoms with Crippen LogP contribution in [-0.4, -0.2) is 34.8 Å². The highest BCUT2D eigenvalue weighted by Crippen LogP contribution is 2.32. The van der Waals surface area contributed by atoms with E-state index in [0.29, 0.717) is 5.02 Å². The predicted octanol–water partition coefficient (Wildman–Crippen LogP) is 4.98. The number of halogens is 1. The van der Waals surface area contributed by atoms with Crippen molar-refractivity contribution in [2.75, 3.05) is 7.05 Å². The molecule has 0 spiro atoms. The van der Waals surface area contributed by atoms with Crippen molar-refractivity contribution in [1.29, 1.82) is 0 Å². The maximum Gasteiger partial charge on any atom is 0.243 e. The molecule has 0 aliphatic carbocycles. The summed E-state index contributed by atoms with van der Waals surface area (Å²) in [5.41, 5.74) is 4.82. The average Bonchev–Trinajstić information content (AvgIpc) is 3.17. The Hall–Kier alpha value is -2.74. The number of hydrogen-bond donors (Lipinski definition) is 0. The first-order chi connectivity index (χ1) is 15.3. The third-order valence-corrected chi connectivity index (χ3v) is 7.95. The lowest BCUT2D eigenvalue weighted by Gasteiger charge is -2.21. The molecule has 0 aliphatic heterocycles. The minimum absolute atomic E-state index is 0.133. The van der Waals surface area contributed by atoms with Crippen molar-refractivity contribution in [2.45, 2.75) is 30.7 Å². The van der Waals surface area contributed by atoms with Crippen molar-refractivity contribution in [2.24, 2.45) is 7.05 Å². The van der Waals surface area contributed by atoms with Gasteiger partial charge in [0, 0.05) is 31.6 Å². The molecule has 0 unspecified atom stereocenters. The fraction of sp³-hybridized carbons (Fsp3) is 0.250. The lowest BCUT2D eigenvalue weighted by Crippen LogP contribution is -2.26. The van der Waals surface area contributed by atoms with Crippen LogP contribution in [0.1, 0.15) is 36.0 Å². The zero-order valence-corrected chi connectivity index (χ0v) is 19.8. The van der Waals surface area contributed by atoms with Gasteiger partial charge in [-0.15, -0.1) is 5.10 Å². The van der Waals surface area contributed by atoms with Gasteiger partial charge in [0.05, 0.1) is 10.4 Å². The van der Waals surface area contributed by atoms with Gasteiger partial charge in [0.25, 0.3) is 0 Å². The summed E-state index contributed by atoms with van der Waals surface area (Å²) in [4.78, 5) is 0.262. The summed E-state index contributed by atoms with van der Waals surface area (Å²) in [5, 5.41) is 8.87. The van der Waals surface area contributed by atoms with Crippen LogP contribution in [0.3, 0.4) is 0 Å². The predicted molar refractivity (Wildman–Crippen MR) is 127 cm³/mol. The minimum Gasteiger partial charge on any atom is -0.248 e. The molecule has 0 fully saturated rings. The summed E-state index contributed by atoms with van der Waals surface area (Å²) in [5.74, 6) is 0.133.